The number of hydrogen-bond acceptors (Lipinski definition) is 10. The van der Waals surface area contributed by atoms with E-state index in [1.54, 1.807) is 39.3 Å². The van der Waals surface area contributed by atoms with E-state index in [4.69, 9.17) is 0 Å². The van der Waals surface area contributed by atoms with Crippen LogP contribution >= 0.6 is 11.3 Å². The minimum Gasteiger partial charge on any atom is -0.345 e. The molecule has 0 saturated carbocycles. The van der Waals surface area contributed by atoms with E-state index in [1.807, 2.05) is 48.8 Å². The molecule has 0 spiro atoms. The van der Waals surface area contributed by atoms with Crippen molar-refractivity contribution in [3.8, 4) is 0 Å². The summed E-state index contributed by atoms with van der Waals surface area (Å²) >= 11 is 1.71. The summed E-state index contributed by atoms with van der Waals surface area (Å²) < 4.78 is 6.92. The summed E-state index contributed by atoms with van der Waals surface area (Å²) in [6.07, 6.45) is 18.6. The molecule has 15 heteroatoms. The van der Waals surface area contributed by atoms with Gasteiger partial charge in [-0.05, 0) is 149 Å². The number of pyridine rings is 3. The van der Waals surface area contributed by atoms with Crippen molar-refractivity contribution in [2.75, 3.05) is 0 Å². The van der Waals surface area contributed by atoms with Gasteiger partial charge in [0.15, 0.2) is 11.3 Å². The van der Waals surface area contributed by atoms with Crippen LogP contribution < -0.4 is 0 Å². The Morgan fingerprint density at radius 3 is 1.60 bits per heavy atom. The number of hydrogen-bond donors (Lipinski definition) is 2. The summed E-state index contributed by atoms with van der Waals surface area (Å²) in [7, 11) is 0. The molecule has 0 aliphatic carbocycles. The first-order valence-electron chi connectivity index (χ1n) is 31.4. The molecule has 4 aromatic carbocycles. The van der Waals surface area contributed by atoms with E-state index in [0.29, 0.717) is 0 Å². The molecule has 476 valence electrons. The van der Waals surface area contributed by atoms with Gasteiger partial charge in [0.25, 0.3) is 0 Å². The average Bonchev–Trinajstić information content (AvgIpc) is 2.54. The maximum atomic E-state index is 4.26. The molecular formula is C76H96N14S. The van der Waals surface area contributed by atoms with Crippen molar-refractivity contribution in [2.24, 2.45) is 4.99 Å². The molecule has 14 nitrogen and oxygen atoms in total. The van der Waals surface area contributed by atoms with E-state index >= 15 is 0 Å². The third-order valence-electron chi connectivity index (χ3n) is 15.8. The van der Waals surface area contributed by atoms with Crippen molar-refractivity contribution >= 4 is 66.6 Å². The van der Waals surface area contributed by atoms with E-state index in [-0.39, 0.29) is 37.9 Å². The number of benzene rings is 4. The lowest BCUT2D eigenvalue weighted by atomic mass is 9.85. The van der Waals surface area contributed by atoms with Gasteiger partial charge < -0.3 is 9.38 Å². The maximum absolute atomic E-state index is 4.26. The second-order valence-corrected chi connectivity index (χ2v) is 31.4. The van der Waals surface area contributed by atoms with Gasteiger partial charge in [-0.15, -0.1) is 11.3 Å². The van der Waals surface area contributed by atoms with Gasteiger partial charge in [0.05, 0.1) is 51.3 Å². The average molecular weight is 1240 g/mol. The van der Waals surface area contributed by atoms with Crippen molar-refractivity contribution in [1.82, 2.24) is 63.7 Å². The fourth-order valence-electron chi connectivity index (χ4n) is 9.60. The molecule has 0 fully saturated rings. The molecule has 1 aliphatic rings. The molecular weight excluding hydrogens is 1140 g/mol. The zero-order valence-electron chi connectivity index (χ0n) is 57.7. The predicted molar refractivity (Wildman–Crippen MR) is 382 cm³/mol. The third kappa shape index (κ3) is 18.5. The number of imidazole rings is 2. The van der Waals surface area contributed by atoms with Crippen LogP contribution in [0.1, 0.15) is 195 Å². The largest absolute Gasteiger partial charge is 0.345 e. The fraction of sp³-hybridized carbons (Fsp3) is 0.382. The molecule has 9 aromatic heterocycles. The lowest BCUT2D eigenvalue weighted by Crippen LogP contribution is -2.12. The van der Waals surface area contributed by atoms with Gasteiger partial charge in [-0.3, -0.25) is 10.1 Å². The third-order valence-corrected chi connectivity index (χ3v) is 16.6. The van der Waals surface area contributed by atoms with Gasteiger partial charge in [0, 0.05) is 42.6 Å². The standard InChI is InChI=1S/C12H15N.3C11H14N2.C11H13NS.2C10H13N3/c1-12(2,3)11-5-4-9-7-13-8-10(9)6-11;1-11(2,3)9-5-4-8-7-12-13-10(8)6-9;1-11(2,3)8-4-5-9-10(6-8)13-7-12-9;1-11(2,3)9-4-5-10-12-6-7-13(10)8-9;1-11(2,3)8-4-5-9-10(6-8)13-7-12-9;1-10(2,3)8-4-5-13-9(6-8)11-7-12-13;1-10(2,3)8-4-5-9-11-7-12-13(9)6-8/h4-6,8H,7H2,1-3H3;2*4-7H,1-3H3,(H,12,13);4-8H,1-3H3;3*4-7H,1-3H3. The minimum atomic E-state index is 0.167. The predicted octanol–water partition coefficient (Wildman–Crippen LogP) is 18.9. The molecule has 1 aliphatic heterocycles. The van der Waals surface area contributed by atoms with Crippen LogP contribution in [0.25, 0.3) is 49.1 Å². The summed E-state index contributed by atoms with van der Waals surface area (Å²) in [6, 6.07) is 38.5. The molecule has 14 rings (SSSR count). The van der Waals surface area contributed by atoms with Crippen LogP contribution in [0, 0.1) is 0 Å². The summed E-state index contributed by atoms with van der Waals surface area (Å²) in [5.74, 6) is 0. The van der Waals surface area contributed by atoms with Crippen molar-refractivity contribution in [1.29, 1.82) is 0 Å². The highest BCUT2D eigenvalue weighted by atomic mass is 32.1. The van der Waals surface area contributed by atoms with E-state index < -0.39 is 0 Å². The molecule has 2 N–H and O–H groups in total. The molecule has 10 heterocycles. The summed E-state index contributed by atoms with van der Waals surface area (Å²) in [5, 5.41) is 16.3. The van der Waals surface area contributed by atoms with Crippen LogP contribution in [0.4, 0.5) is 0 Å². The number of aromatic nitrogens is 13. The number of nitrogens with zero attached hydrogens (tertiary/aromatic N) is 12. The molecule has 91 heavy (non-hydrogen) atoms. The van der Waals surface area contributed by atoms with Crippen molar-refractivity contribution < 1.29 is 0 Å². The Bertz CT molecular complexity index is 3860. The Balaban J connectivity index is 0.000000137. The Morgan fingerprint density at radius 1 is 0.429 bits per heavy atom. The summed E-state index contributed by atoms with van der Waals surface area (Å²) in [6.45, 7) is 47.3. The molecule has 0 unspecified atom stereocenters. The lowest BCUT2D eigenvalue weighted by molar-refractivity contribution is 0.584. The zero-order chi connectivity index (χ0) is 66.3. The molecule has 0 amide bonds. The Hall–Kier alpha value is -8.69. The van der Waals surface area contributed by atoms with Crippen LogP contribution in [0.3, 0.4) is 0 Å². The number of H-pyrrole nitrogens is 2. The minimum absolute atomic E-state index is 0.167. The van der Waals surface area contributed by atoms with E-state index in [1.165, 1.54) is 60.2 Å². The summed E-state index contributed by atoms with van der Waals surface area (Å²) in [5.41, 5.74) is 22.5. The first-order chi connectivity index (χ1) is 42.5. The molecule has 0 saturated heterocycles. The van der Waals surface area contributed by atoms with Crippen LogP contribution in [0.5, 0.6) is 0 Å². The van der Waals surface area contributed by atoms with E-state index in [2.05, 4.69) is 314 Å². The lowest BCUT2D eigenvalue weighted by Gasteiger charge is -2.19. The van der Waals surface area contributed by atoms with Gasteiger partial charge in [-0.2, -0.15) is 15.3 Å². The fourth-order valence-corrected chi connectivity index (χ4v) is 10.3. The highest BCUT2D eigenvalue weighted by Crippen LogP contribution is 2.31. The van der Waals surface area contributed by atoms with Crippen LogP contribution in [0.15, 0.2) is 176 Å². The normalized spacial score (nSPS) is 12.6. The van der Waals surface area contributed by atoms with Crippen molar-refractivity contribution in [2.45, 2.75) is 190 Å². The van der Waals surface area contributed by atoms with Crippen LogP contribution in [0.2, 0.25) is 0 Å². The van der Waals surface area contributed by atoms with Gasteiger partial charge in [-0.25, -0.2) is 34.0 Å². The highest BCUT2D eigenvalue weighted by molar-refractivity contribution is 7.16. The van der Waals surface area contributed by atoms with E-state index in [0.717, 1.165) is 45.6 Å². The number of nitrogens with one attached hydrogen (secondary N) is 2. The topological polar surface area (TPSA) is 160 Å². The number of rotatable bonds is 0. The molecule has 0 radical (unpaired) electrons. The number of aliphatic imine (C=N–C) groups is 1. The van der Waals surface area contributed by atoms with Gasteiger partial charge in [-0.1, -0.05) is 194 Å². The first kappa shape index (κ1) is 68.2. The molecule has 13 aromatic rings. The summed E-state index contributed by atoms with van der Waals surface area (Å²) in [4.78, 5) is 28.3. The van der Waals surface area contributed by atoms with Gasteiger partial charge in [0.2, 0.25) is 0 Å². The number of thiazole rings is 1. The Kier molecular flexibility index (Phi) is 20.6. The second-order valence-electron chi connectivity index (χ2n) is 30.5. The monoisotopic (exact) mass is 1240 g/mol. The Morgan fingerprint density at radius 2 is 0.956 bits per heavy atom. The van der Waals surface area contributed by atoms with Crippen LogP contribution in [-0.2, 0) is 44.4 Å². The highest BCUT2D eigenvalue weighted by Gasteiger charge is 2.20. The number of aromatic amines is 2. The first-order valence-corrected chi connectivity index (χ1v) is 32.3. The van der Waals surface area contributed by atoms with Gasteiger partial charge >= 0.3 is 0 Å². The number of fused-ring (bicyclic) bond motifs is 7. The maximum Gasteiger partial charge on any atom is 0.155 e. The van der Waals surface area contributed by atoms with Crippen molar-refractivity contribution in [3.63, 3.8) is 0 Å². The van der Waals surface area contributed by atoms with Crippen LogP contribution in [-0.4, -0.2) is 69.9 Å². The molecule has 0 bridgehead atoms. The van der Waals surface area contributed by atoms with Gasteiger partial charge in [0.1, 0.15) is 18.3 Å². The SMILES string of the molecule is CC(C)(C)c1ccc2c(c1)C=NC2.CC(C)(C)c1ccc2cn[nH]c2c1.CC(C)(C)c1ccc2nc[nH]c2c1.CC(C)(C)c1ccc2nccn2c1.CC(C)(C)c1ccc2ncnn2c1.CC(C)(C)c1ccc2ncsc2c1.CC(C)(C)c1ccn2ncnc2c1. The Labute approximate surface area is 543 Å². The zero-order valence-corrected chi connectivity index (χ0v) is 58.5. The molecule has 0 atom stereocenters. The van der Waals surface area contributed by atoms with Crippen molar-refractivity contribution in [3.05, 3.63) is 221 Å². The second kappa shape index (κ2) is 27.4. The smallest absolute Gasteiger partial charge is 0.155 e. The quantitative estimate of drug-likeness (QED) is 0.152. The van der Waals surface area contributed by atoms with E-state index in [9.17, 15) is 0 Å².